The summed E-state index contributed by atoms with van der Waals surface area (Å²) in [5.74, 6) is 5.10. The molecule has 4 unspecified atom stereocenters. The maximum absolute atomic E-state index is 2.47. The summed E-state index contributed by atoms with van der Waals surface area (Å²) in [5.41, 5.74) is 3.44. The minimum Gasteiger partial charge on any atom is -0.0625 e. The van der Waals surface area contributed by atoms with Crippen LogP contribution in [0.15, 0.2) is 24.3 Å². The van der Waals surface area contributed by atoms with Crippen molar-refractivity contribution >= 4 is 0 Å². The predicted octanol–water partition coefficient (Wildman–Crippen LogP) is 6.77. The highest BCUT2D eigenvalue weighted by Crippen LogP contribution is 2.50. The molecule has 122 valence electrons. The maximum atomic E-state index is 2.47. The summed E-state index contributed by atoms with van der Waals surface area (Å²) in [5, 5.41) is 0. The Balaban J connectivity index is 1.93. The zero-order valence-electron chi connectivity index (χ0n) is 15.0. The third kappa shape index (κ3) is 2.99. The van der Waals surface area contributed by atoms with Crippen LogP contribution >= 0.6 is 0 Å². The van der Waals surface area contributed by atoms with Crippen molar-refractivity contribution in [2.75, 3.05) is 0 Å². The first kappa shape index (κ1) is 16.1. The molecule has 2 aliphatic rings. The van der Waals surface area contributed by atoms with E-state index < -0.39 is 0 Å². The molecule has 2 aliphatic carbocycles. The molecule has 1 aromatic rings. The fourth-order valence-electron chi connectivity index (χ4n) is 5.53. The topological polar surface area (TPSA) is 0 Å². The summed E-state index contributed by atoms with van der Waals surface area (Å²) in [6.07, 6.45) is 8.57. The highest BCUT2D eigenvalue weighted by molar-refractivity contribution is 5.35. The molecule has 0 heterocycles. The van der Waals surface area contributed by atoms with E-state index in [1.54, 1.807) is 11.1 Å². The van der Waals surface area contributed by atoms with Gasteiger partial charge in [-0.25, -0.2) is 0 Å². The molecule has 0 spiro atoms. The highest BCUT2D eigenvalue weighted by Gasteiger charge is 2.36. The van der Waals surface area contributed by atoms with Gasteiger partial charge in [0.2, 0.25) is 0 Å². The van der Waals surface area contributed by atoms with Crippen LogP contribution in [0, 0.1) is 23.7 Å². The molecule has 0 N–H and O–H groups in total. The van der Waals surface area contributed by atoms with Crippen molar-refractivity contribution in [2.24, 2.45) is 23.7 Å². The summed E-state index contributed by atoms with van der Waals surface area (Å²) in [4.78, 5) is 0. The van der Waals surface area contributed by atoms with E-state index in [1.807, 2.05) is 0 Å². The second kappa shape index (κ2) is 6.77. The molecule has 0 aliphatic heterocycles. The summed E-state index contributed by atoms with van der Waals surface area (Å²) in [6.45, 7) is 9.71. The van der Waals surface area contributed by atoms with Gasteiger partial charge < -0.3 is 0 Å². The van der Waals surface area contributed by atoms with Crippen LogP contribution in [0.5, 0.6) is 0 Å². The standard InChI is InChI=1S/C22H34/c1-15(2)17-11-7-13-19(17)21-9-5-6-10-22(21)20-14-8-12-18(20)16(3)4/h5-6,9-10,15-20H,7-8,11-14H2,1-4H3. The minimum absolute atomic E-state index is 0.824. The van der Waals surface area contributed by atoms with Crippen molar-refractivity contribution < 1.29 is 0 Å². The average molecular weight is 299 g/mol. The van der Waals surface area contributed by atoms with Gasteiger partial charge in [-0.15, -0.1) is 0 Å². The van der Waals surface area contributed by atoms with Crippen LogP contribution in [-0.2, 0) is 0 Å². The van der Waals surface area contributed by atoms with E-state index in [0.29, 0.717) is 0 Å². The molecule has 0 nitrogen and oxygen atoms in total. The largest absolute Gasteiger partial charge is 0.0625 e. The molecule has 2 saturated carbocycles. The van der Waals surface area contributed by atoms with Gasteiger partial charge in [-0.2, -0.15) is 0 Å². The Morgan fingerprint density at radius 2 is 1.09 bits per heavy atom. The normalized spacial score (nSPS) is 32.3. The minimum atomic E-state index is 0.824. The molecule has 0 aromatic heterocycles. The van der Waals surface area contributed by atoms with E-state index in [9.17, 15) is 0 Å². The lowest BCUT2D eigenvalue weighted by Crippen LogP contribution is -2.18. The number of rotatable bonds is 4. The molecule has 0 radical (unpaired) electrons. The highest BCUT2D eigenvalue weighted by atomic mass is 14.4. The lowest BCUT2D eigenvalue weighted by atomic mass is 9.74. The molecule has 3 rings (SSSR count). The van der Waals surface area contributed by atoms with Gasteiger partial charge in [-0.05, 0) is 72.3 Å². The van der Waals surface area contributed by atoms with Crippen LogP contribution in [0.2, 0.25) is 0 Å². The summed E-state index contributed by atoms with van der Waals surface area (Å²) in [6, 6.07) is 9.51. The van der Waals surface area contributed by atoms with Crippen molar-refractivity contribution in [1.29, 1.82) is 0 Å². The smallest absolute Gasteiger partial charge is 0.0128 e. The number of hydrogen-bond donors (Lipinski definition) is 0. The number of benzene rings is 1. The molecule has 2 fully saturated rings. The van der Waals surface area contributed by atoms with E-state index in [4.69, 9.17) is 0 Å². The molecule has 0 heteroatoms. The molecular formula is C22H34. The third-order valence-corrected chi connectivity index (χ3v) is 6.65. The van der Waals surface area contributed by atoms with Gasteiger partial charge >= 0.3 is 0 Å². The molecule has 1 aromatic carbocycles. The quantitative estimate of drug-likeness (QED) is 0.575. The predicted molar refractivity (Wildman–Crippen MR) is 96.3 cm³/mol. The Hall–Kier alpha value is -0.780. The zero-order valence-corrected chi connectivity index (χ0v) is 15.0. The van der Waals surface area contributed by atoms with Crippen LogP contribution in [0.25, 0.3) is 0 Å². The first-order valence-corrected chi connectivity index (χ1v) is 9.68. The van der Waals surface area contributed by atoms with Gasteiger partial charge in [0.1, 0.15) is 0 Å². The Labute approximate surface area is 137 Å². The summed E-state index contributed by atoms with van der Waals surface area (Å²) >= 11 is 0. The zero-order chi connectivity index (χ0) is 15.7. The fraction of sp³-hybridized carbons (Fsp3) is 0.727. The van der Waals surface area contributed by atoms with Crippen molar-refractivity contribution in [3.8, 4) is 0 Å². The third-order valence-electron chi connectivity index (χ3n) is 6.65. The molecular weight excluding hydrogens is 264 g/mol. The van der Waals surface area contributed by atoms with E-state index in [2.05, 4.69) is 52.0 Å². The lowest BCUT2D eigenvalue weighted by molar-refractivity contribution is 0.340. The van der Waals surface area contributed by atoms with Crippen LogP contribution in [0.3, 0.4) is 0 Å². The SMILES string of the molecule is CC(C)C1CCCC1c1ccccc1C1CCCC1C(C)C. The second-order valence-corrected chi connectivity index (χ2v) is 8.52. The Kier molecular flexibility index (Phi) is 4.95. The molecule has 0 saturated heterocycles. The summed E-state index contributed by atoms with van der Waals surface area (Å²) in [7, 11) is 0. The average Bonchev–Trinajstić information content (AvgIpc) is 3.16. The monoisotopic (exact) mass is 298 g/mol. The van der Waals surface area contributed by atoms with E-state index in [1.165, 1.54) is 38.5 Å². The fourth-order valence-corrected chi connectivity index (χ4v) is 5.53. The van der Waals surface area contributed by atoms with Crippen molar-refractivity contribution in [1.82, 2.24) is 0 Å². The van der Waals surface area contributed by atoms with Crippen molar-refractivity contribution in [3.05, 3.63) is 35.4 Å². The van der Waals surface area contributed by atoms with E-state index in [-0.39, 0.29) is 0 Å². The second-order valence-electron chi connectivity index (χ2n) is 8.52. The number of hydrogen-bond acceptors (Lipinski definition) is 0. The van der Waals surface area contributed by atoms with E-state index in [0.717, 1.165) is 35.5 Å². The van der Waals surface area contributed by atoms with Gasteiger partial charge in [0, 0.05) is 0 Å². The first-order chi connectivity index (χ1) is 10.6. The van der Waals surface area contributed by atoms with E-state index >= 15 is 0 Å². The van der Waals surface area contributed by atoms with Crippen LogP contribution in [0.4, 0.5) is 0 Å². The van der Waals surface area contributed by atoms with Gasteiger partial charge in [-0.3, -0.25) is 0 Å². The summed E-state index contributed by atoms with van der Waals surface area (Å²) < 4.78 is 0. The molecule has 22 heavy (non-hydrogen) atoms. The van der Waals surface area contributed by atoms with Crippen molar-refractivity contribution in [2.45, 2.75) is 78.1 Å². The first-order valence-electron chi connectivity index (χ1n) is 9.68. The Morgan fingerprint density at radius 3 is 1.45 bits per heavy atom. The van der Waals surface area contributed by atoms with Gasteiger partial charge in [0.05, 0.1) is 0 Å². The van der Waals surface area contributed by atoms with Gasteiger partial charge in [0.25, 0.3) is 0 Å². The van der Waals surface area contributed by atoms with Crippen LogP contribution < -0.4 is 0 Å². The van der Waals surface area contributed by atoms with Gasteiger partial charge in [-0.1, -0.05) is 64.8 Å². The molecule has 0 bridgehead atoms. The van der Waals surface area contributed by atoms with Crippen molar-refractivity contribution in [3.63, 3.8) is 0 Å². The Morgan fingerprint density at radius 1 is 0.682 bits per heavy atom. The van der Waals surface area contributed by atoms with Crippen LogP contribution in [-0.4, -0.2) is 0 Å². The molecule has 4 atom stereocenters. The molecule has 0 amide bonds. The lowest BCUT2D eigenvalue weighted by Gasteiger charge is -2.30. The Bertz CT molecular complexity index is 440. The van der Waals surface area contributed by atoms with Crippen LogP contribution in [0.1, 0.15) is 89.2 Å². The maximum Gasteiger partial charge on any atom is -0.0128 e. The van der Waals surface area contributed by atoms with Gasteiger partial charge in [0.15, 0.2) is 0 Å².